The van der Waals surface area contributed by atoms with Gasteiger partial charge in [-0.3, -0.25) is 14.4 Å². The summed E-state index contributed by atoms with van der Waals surface area (Å²) >= 11 is 0.887. The number of methoxy groups -OCH3 is 1. The molecular weight excluding hydrogens is 354 g/mol. The average molecular weight is 375 g/mol. The molecule has 1 unspecified atom stereocenters. The molecule has 0 bridgehead atoms. The first-order valence-corrected chi connectivity index (χ1v) is 8.98. The van der Waals surface area contributed by atoms with Gasteiger partial charge in [-0.25, -0.2) is 0 Å². The molecule has 0 aliphatic heterocycles. The Morgan fingerprint density at radius 1 is 1.15 bits per heavy atom. The van der Waals surface area contributed by atoms with Crippen molar-refractivity contribution in [3.63, 3.8) is 0 Å². The Morgan fingerprint density at radius 2 is 1.85 bits per heavy atom. The van der Waals surface area contributed by atoms with E-state index in [1.165, 1.54) is 0 Å². The first-order chi connectivity index (χ1) is 12.3. The number of thioether (sulfide) groups is 1. The van der Waals surface area contributed by atoms with Gasteiger partial charge in [-0.15, -0.1) is 0 Å². The zero-order valence-electron chi connectivity index (χ0n) is 14.8. The SMILES string of the molecule is COc1c(C(C)C(=O)S[C@@H](C)C(=O)NCC(=O)O)ccc2ccccc12. The minimum atomic E-state index is -1.13. The highest BCUT2D eigenvalue weighted by Crippen LogP contribution is 2.36. The number of rotatable bonds is 7. The minimum absolute atomic E-state index is 0.184. The number of carbonyl (C=O) groups excluding carboxylic acids is 2. The van der Waals surface area contributed by atoms with Crippen LogP contribution in [-0.4, -0.2) is 41.0 Å². The molecule has 0 aliphatic carbocycles. The lowest BCUT2D eigenvalue weighted by molar-refractivity contribution is -0.137. The normalized spacial score (nSPS) is 13.0. The van der Waals surface area contributed by atoms with Crippen LogP contribution in [0.1, 0.15) is 25.3 Å². The Balaban J connectivity index is 2.16. The molecule has 2 aromatic rings. The summed E-state index contributed by atoms with van der Waals surface area (Å²) in [6, 6.07) is 11.5. The van der Waals surface area contributed by atoms with E-state index in [0.29, 0.717) is 5.75 Å². The number of carboxylic acids is 1. The van der Waals surface area contributed by atoms with Gasteiger partial charge >= 0.3 is 5.97 Å². The predicted octanol–water partition coefficient (Wildman–Crippen LogP) is 2.80. The number of ether oxygens (including phenoxy) is 1. The van der Waals surface area contributed by atoms with E-state index in [4.69, 9.17) is 9.84 Å². The third-order valence-electron chi connectivity index (χ3n) is 4.01. The first kappa shape index (κ1) is 19.8. The fourth-order valence-corrected chi connectivity index (χ4v) is 3.46. The Bertz CT molecular complexity index is 836. The maximum Gasteiger partial charge on any atom is 0.322 e. The second kappa shape index (κ2) is 8.71. The van der Waals surface area contributed by atoms with Gasteiger partial charge in [0.05, 0.1) is 18.3 Å². The quantitative estimate of drug-likeness (QED) is 0.773. The van der Waals surface area contributed by atoms with Gasteiger partial charge in [-0.05, 0) is 12.3 Å². The Morgan fingerprint density at radius 3 is 2.50 bits per heavy atom. The van der Waals surface area contributed by atoms with Gasteiger partial charge in [-0.1, -0.05) is 55.1 Å². The topological polar surface area (TPSA) is 92.7 Å². The molecular formula is C19H21NO5S. The van der Waals surface area contributed by atoms with Crippen LogP contribution in [0.2, 0.25) is 0 Å². The van der Waals surface area contributed by atoms with E-state index in [0.717, 1.165) is 28.1 Å². The lowest BCUT2D eigenvalue weighted by atomic mass is 9.97. The monoisotopic (exact) mass is 375 g/mol. The van der Waals surface area contributed by atoms with Gasteiger partial charge in [0.25, 0.3) is 0 Å². The van der Waals surface area contributed by atoms with Crippen LogP contribution in [0.3, 0.4) is 0 Å². The van der Waals surface area contributed by atoms with Crippen molar-refractivity contribution in [3.05, 3.63) is 42.0 Å². The summed E-state index contributed by atoms with van der Waals surface area (Å²) in [4.78, 5) is 35.0. The zero-order valence-corrected chi connectivity index (χ0v) is 15.6. The number of amides is 1. The third kappa shape index (κ3) is 4.54. The van der Waals surface area contributed by atoms with Crippen LogP contribution in [0.5, 0.6) is 5.75 Å². The van der Waals surface area contributed by atoms with Crippen LogP contribution in [0.25, 0.3) is 10.8 Å². The number of carboxylic acid groups (broad SMARTS) is 1. The van der Waals surface area contributed by atoms with Crippen molar-refractivity contribution in [2.45, 2.75) is 25.0 Å². The highest BCUT2D eigenvalue weighted by Gasteiger charge is 2.25. The molecule has 6 nitrogen and oxygen atoms in total. The van der Waals surface area contributed by atoms with Crippen LogP contribution in [0, 0.1) is 0 Å². The van der Waals surface area contributed by atoms with Gasteiger partial charge in [0, 0.05) is 10.9 Å². The molecule has 2 atom stereocenters. The lowest BCUT2D eigenvalue weighted by Gasteiger charge is -2.18. The number of carbonyl (C=O) groups is 3. The van der Waals surface area contributed by atoms with Gasteiger partial charge in [0.2, 0.25) is 5.91 Å². The van der Waals surface area contributed by atoms with E-state index >= 15 is 0 Å². The number of benzene rings is 2. The maximum absolute atomic E-state index is 12.6. The number of hydrogen-bond acceptors (Lipinski definition) is 5. The van der Waals surface area contributed by atoms with E-state index < -0.39 is 29.6 Å². The summed E-state index contributed by atoms with van der Waals surface area (Å²) in [7, 11) is 1.57. The molecule has 7 heteroatoms. The molecule has 0 radical (unpaired) electrons. The molecule has 2 N–H and O–H groups in total. The molecule has 0 heterocycles. The van der Waals surface area contributed by atoms with Crippen LogP contribution in [0.15, 0.2) is 36.4 Å². The van der Waals surface area contributed by atoms with Crippen molar-refractivity contribution < 1.29 is 24.2 Å². The second-order valence-corrected chi connectivity index (χ2v) is 7.17. The van der Waals surface area contributed by atoms with Crippen LogP contribution in [-0.2, 0) is 14.4 Å². The average Bonchev–Trinajstić information content (AvgIpc) is 2.64. The summed E-state index contributed by atoms with van der Waals surface area (Å²) in [6.45, 7) is 2.87. The van der Waals surface area contributed by atoms with Crippen molar-refractivity contribution in [2.24, 2.45) is 0 Å². The van der Waals surface area contributed by atoms with Gasteiger partial charge in [-0.2, -0.15) is 0 Å². The number of fused-ring (bicyclic) bond motifs is 1. The number of hydrogen-bond donors (Lipinski definition) is 2. The third-order valence-corrected chi connectivity index (χ3v) is 5.16. The summed E-state index contributed by atoms with van der Waals surface area (Å²) in [5.41, 5.74) is 0.752. The van der Waals surface area contributed by atoms with E-state index in [1.807, 2.05) is 36.4 Å². The van der Waals surface area contributed by atoms with Crippen molar-refractivity contribution in [3.8, 4) is 5.75 Å². The molecule has 1 amide bonds. The molecule has 2 rings (SSSR count). The molecule has 0 spiro atoms. The summed E-state index contributed by atoms with van der Waals surface area (Å²) < 4.78 is 5.54. The fourth-order valence-electron chi connectivity index (χ4n) is 2.59. The first-order valence-electron chi connectivity index (χ1n) is 8.10. The summed E-state index contributed by atoms with van der Waals surface area (Å²) in [6.07, 6.45) is 0. The molecule has 26 heavy (non-hydrogen) atoms. The van der Waals surface area contributed by atoms with Crippen molar-refractivity contribution in [1.29, 1.82) is 0 Å². The molecule has 138 valence electrons. The molecule has 0 fully saturated rings. The lowest BCUT2D eigenvalue weighted by Crippen LogP contribution is -2.35. The van der Waals surface area contributed by atoms with Crippen LogP contribution in [0.4, 0.5) is 0 Å². The largest absolute Gasteiger partial charge is 0.496 e. The van der Waals surface area contributed by atoms with Crippen molar-refractivity contribution in [2.75, 3.05) is 13.7 Å². The van der Waals surface area contributed by atoms with Gasteiger partial charge < -0.3 is 15.2 Å². The Hall–Kier alpha value is -2.54. The predicted molar refractivity (Wildman–Crippen MR) is 102 cm³/mol. The molecule has 0 saturated carbocycles. The minimum Gasteiger partial charge on any atom is -0.496 e. The molecule has 2 aromatic carbocycles. The highest BCUT2D eigenvalue weighted by molar-refractivity contribution is 8.14. The fraction of sp³-hybridized carbons (Fsp3) is 0.316. The standard InChI is InChI=1S/C19H21NO5S/c1-11(19(24)26-12(2)18(23)20-10-16(21)22)14-9-8-13-6-4-5-7-15(13)17(14)25-3/h4-9,11-12H,10H2,1-3H3,(H,20,23)(H,21,22)/t11?,12-/m0/s1. The molecule has 0 aliphatic rings. The van der Waals surface area contributed by atoms with Gasteiger partial charge in [0.15, 0.2) is 5.12 Å². The number of aliphatic carboxylic acids is 1. The van der Waals surface area contributed by atoms with Crippen LogP contribution < -0.4 is 10.1 Å². The van der Waals surface area contributed by atoms with Crippen molar-refractivity contribution >= 4 is 39.5 Å². The molecule has 0 saturated heterocycles. The van der Waals surface area contributed by atoms with Crippen molar-refractivity contribution in [1.82, 2.24) is 5.32 Å². The highest BCUT2D eigenvalue weighted by atomic mass is 32.2. The maximum atomic E-state index is 12.6. The number of nitrogens with one attached hydrogen (secondary N) is 1. The van der Waals surface area contributed by atoms with Crippen LogP contribution >= 0.6 is 11.8 Å². The summed E-state index contributed by atoms with van der Waals surface area (Å²) in [5, 5.41) is 11.9. The Labute approximate surface area is 155 Å². The zero-order chi connectivity index (χ0) is 19.3. The summed E-state index contributed by atoms with van der Waals surface area (Å²) in [5.74, 6) is -1.44. The van der Waals surface area contributed by atoms with E-state index in [-0.39, 0.29) is 5.12 Å². The molecule has 0 aromatic heterocycles. The smallest absolute Gasteiger partial charge is 0.322 e. The van der Waals surface area contributed by atoms with Gasteiger partial charge in [0.1, 0.15) is 12.3 Å². The van der Waals surface area contributed by atoms with E-state index in [9.17, 15) is 14.4 Å². The van der Waals surface area contributed by atoms with E-state index in [2.05, 4.69) is 5.32 Å². The second-order valence-electron chi connectivity index (χ2n) is 5.82. The van der Waals surface area contributed by atoms with E-state index in [1.54, 1.807) is 21.0 Å². The Kier molecular flexibility index (Phi) is 6.63.